The molecule has 0 spiro atoms. The Morgan fingerprint density at radius 3 is 1.20 bits per heavy atom. The van der Waals surface area contributed by atoms with Gasteiger partial charge in [0.1, 0.15) is 0 Å². The zero-order valence-electron chi connectivity index (χ0n) is 59.5. The Hall–Kier alpha value is -3.16. The average Bonchev–Trinajstić information content (AvgIpc) is 0.771. The first-order valence-electron chi connectivity index (χ1n) is 36.9. The molecule has 3 aliphatic rings. The minimum absolute atomic E-state index is 0.00599. The average molecular weight is 1560 g/mol. The fraction of sp³-hybridized carbons (Fsp3) is 0.600. The Labute approximate surface area is 591 Å². The van der Waals surface area contributed by atoms with Gasteiger partial charge < -0.3 is 4.74 Å². The van der Waals surface area contributed by atoms with E-state index in [0.717, 1.165) is 131 Å². The fourth-order valence-corrected chi connectivity index (χ4v) is 41.2. The van der Waals surface area contributed by atoms with E-state index in [0.29, 0.717) is 0 Å². The molecule has 15 nitrogen and oxygen atoms in total. The van der Waals surface area contributed by atoms with Gasteiger partial charge >= 0.3 is 433 Å². The maximum absolute atomic E-state index is 13.5. The van der Waals surface area contributed by atoms with Gasteiger partial charge in [-0.25, -0.2) is 0 Å². The van der Waals surface area contributed by atoms with Gasteiger partial charge in [-0.3, -0.25) is 0 Å². The van der Waals surface area contributed by atoms with Crippen molar-refractivity contribution in [2.75, 3.05) is 19.8 Å². The van der Waals surface area contributed by atoms with Gasteiger partial charge in [0.2, 0.25) is 0 Å². The molecule has 15 atom stereocenters. The van der Waals surface area contributed by atoms with Crippen molar-refractivity contribution in [2.24, 2.45) is 0 Å². The number of benzene rings is 5. The van der Waals surface area contributed by atoms with Crippen LogP contribution in [-0.2, 0) is 91.3 Å². The van der Waals surface area contributed by atoms with Crippen molar-refractivity contribution in [2.45, 2.75) is 277 Å². The van der Waals surface area contributed by atoms with Crippen LogP contribution >= 0.6 is 0 Å². The first-order chi connectivity index (χ1) is 47.5. The van der Waals surface area contributed by atoms with Gasteiger partial charge in [0.25, 0.3) is 0 Å². The van der Waals surface area contributed by atoms with Crippen LogP contribution < -0.4 is 0 Å². The second-order valence-corrected chi connectivity index (χ2v) is 50.6. The van der Waals surface area contributed by atoms with E-state index in [9.17, 15) is 10.2 Å². The predicted octanol–water partition coefficient (Wildman–Crippen LogP) is 16.5. The Morgan fingerprint density at radius 2 is 0.763 bits per heavy atom. The summed E-state index contributed by atoms with van der Waals surface area (Å²) in [5.74, 6) is 0. The van der Waals surface area contributed by atoms with Crippen LogP contribution in [-0.4, -0.2) is 160 Å². The first-order valence-corrected chi connectivity index (χ1v) is 51.3. The Kier molecular flexibility index (Phi) is 35.8. The molecule has 0 radical (unpaired) electrons. The molecule has 3 heterocycles. The van der Waals surface area contributed by atoms with Crippen LogP contribution in [0.4, 0.5) is 0 Å². The number of unbranched alkanes of at least 4 members (excludes halogenated alkanes) is 6. The second kappa shape index (κ2) is 43.7. The molecule has 0 aliphatic carbocycles. The molecule has 0 amide bonds. The molecule has 0 aromatic heterocycles. The molecule has 0 saturated carbocycles. The van der Waals surface area contributed by atoms with Gasteiger partial charge in [0, 0.05) is 0 Å². The Bertz CT molecular complexity index is 2810. The van der Waals surface area contributed by atoms with Crippen LogP contribution in [0.25, 0.3) is 0 Å². The predicted molar refractivity (Wildman–Crippen MR) is 386 cm³/mol. The molecule has 17 heteroatoms. The van der Waals surface area contributed by atoms with Crippen LogP contribution in [0.15, 0.2) is 164 Å². The van der Waals surface area contributed by atoms with Crippen molar-refractivity contribution in [3.8, 4) is 0 Å². The number of hydrogen-bond donors (Lipinski definition) is 2. The molecular formula is C80H118O15Sn2. The monoisotopic (exact) mass is 1560 g/mol. The van der Waals surface area contributed by atoms with Crippen molar-refractivity contribution in [1.29, 1.82) is 0 Å². The molecule has 5 aromatic carbocycles. The second-order valence-electron chi connectivity index (χ2n) is 27.0. The maximum atomic E-state index is 13.5. The van der Waals surface area contributed by atoms with Crippen LogP contribution in [0.3, 0.4) is 0 Å². The number of hydrogen-bond acceptors (Lipinski definition) is 15. The summed E-state index contributed by atoms with van der Waals surface area (Å²) in [6, 6.07) is 50.1. The Balaban J connectivity index is 1.28. The summed E-state index contributed by atoms with van der Waals surface area (Å²) < 4.78 is 101. The fourth-order valence-electron chi connectivity index (χ4n) is 13.7. The van der Waals surface area contributed by atoms with E-state index in [1.807, 2.05) is 159 Å². The number of aliphatic hydroxyl groups excluding tert-OH is 2. The normalized spacial score (nSPS) is 26.3. The molecule has 5 aromatic rings. The molecule has 0 unspecified atom stereocenters. The molecule has 8 rings (SSSR count). The summed E-state index contributed by atoms with van der Waals surface area (Å²) >= 11 is -7.12. The topological polar surface area (TPSA) is 160 Å². The zero-order chi connectivity index (χ0) is 68.5. The van der Waals surface area contributed by atoms with Gasteiger partial charge in [-0.2, -0.15) is 0 Å². The third-order valence-electron chi connectivity index (χ3n) is 19.3. The van der Waals surface area contributed by atoms with Crippen molar-refractivity contribution >= 4 is 37.6 Å². The summed E-state index contributed by atoms with van der Waals surface area (Å²) in [5, 5.41) is 26.7. The summed E-state index contributed by atoms with van der Waals surface area (Å²) in [4.78, 5) is 0. The summed E-state index contributed by atoms with van der Waals surface area (Å²) in [5.41, 5.74) is 4.77. The van der Waals surface area contributed by atoms with E-state index in [2.05, 4.69) is 48.1 Å². The molecular weight excluding hydrogens is 1440 g/mol. The molecule has 2 N–H and O–H groups in total. The van der Waals surface area contributed by atoms with E-state index < -0.39 is 130 Å². The molecule has 3 fully saturated rings. The van der Waals surface area contributed by atoms with Gasteiger partial charge in [0.05, 0.1) is 13.2 Å². The summed E-state index contributed by atoms with van der Waals surface area (Å²) in [7, 11) is 0. The summed E-state index contributed by atoms with van der Waals surface area (Å²) in [6.07, 6.45) is -1.30. The zero-order valence-corrected chi connectivity index (χ0v) is 65.2. The standard InChI is InChI=1S/C56H64O15.6C4H9.2Sn/c1-3-29-62-55-53(66-35-42-27-17-8-18-28-42)51(71-54-47(60)46(59)45(58)43(30-57)68-54)49(44(69-55)36-61-31-38-19-9-4-10-20-38)70-56-52(65-34-41-25-15-7-16-26-41)50(64-33-40-23-13-6-14-24-40)48(37(2)67-56)63-32-39-21-11-5-12-22-39;6*1-3-4-2;;/h3-28,37,43-56,58,60H,1,29-36H2,2H3;6*1,3-4H2,2H3;;/q-2;;;;;;;2*+1/t37-,43+,44+,45-,46-,47+,48+,49+,50+,51-,52-,53+,54-,55+,56-;;;;;;;;/m0......../s1. The van der Waals surface area contributed by atoms with Gasteiger partial charge in [-0.05, 0) is 16.7 Å². The van der Waals surface area contributed by atoms with Gasteiger partial charge in [-0.15, -0.1) is 0 Å². The van der Waals surface area contributed by atoms with Crippen LogP contribution in [0.2, 0.25) is 26.6 Å². The van der Waals surface area contributed by atoms with E-state index in [1.54, 1.807) is 6.08 Å². The van der Waals surface area contributed by atoms with Gasteiger partial charge in [-0.1, -0.05) is 127 Å². The number of ether oxygens (including phenoxy) is 11. The SMILES string of the molecule is C=CCO[C@@H]1O[C@H](COCc2ccccc2)[C@@H](O[C@@H]2O[C@@H](C)[C@@H](OCc3ccccc3)[C@@H](OCc3ccccc3)[C@@H]2OCc2ccccc2)[C@H](O[C@@H]2O[C@H](C[O][Sn]([CH2]CCC)([CH2]CCC)[CH2]CCC)[C@H](O)[C@H]([O][Sn]([CH2]CCC)([CH2]CCC)[CH2]CCC)[C@H]2O)[C@H]1OCc1ccccc1. The number of aliphatic hydroxyl groups is 2. The number of rotatable bonds is 46. The quantitative estimate of drug-likeness (QED) is 0.0280. The first kappa shape index (κ1) is 79.5. The van der Waals surface area contributed by atoms with Crippen molar-refractivity contribution in [1.82, 2.24) is 0 Å². The van der Waals surface area contributed by atoms with E-state index >= 15 is 0 Å². The van der Waals surface area contributed by atoms with Crippen LogP contribution in [0.5, 0.6) is 0 Å². The van der Waals surface area contributed by atoms with Crippen molar-refractivity contribution < 1.29 is 68.5 Å². The van der Waals surface area contributed by atoms with E-state index in [1.165, 1.54) is 0 Å². The third-order valence-corrected chi connectivity index (χ3v) is 45.4. The summed E-state index contributed by atoms with van der Waals surface area (Å²) in [6.45, 7) is 20.9. The molecule has 0 bridgehead atoms. The third kappa shape index (κ3) is 24.8. The van der Waals surface area contributed by atoms with Crippen LogP contribution in [0.1, 0.15) is 153 Å². The van der Waals surface area contributed by atoms with Crippen molar-refractivity contribution in [3.63, 3.8) is 0 Å². The molecule has 3 aliphatic heterocycles. The Morgan fingerprint density at radius 1 is 0.381 bits per heavy atom. The minimum atomic E-state index is -3.72. The van der Waals surface area contributed by atoms with Gasteiger partial charge in [0.15, 0.2) is 0 Å². The van der Waals surface area contributed by atoms with E-state index in [-0.39, 0.29) is 52.9 Å². The van der Waals surface area contributed by atoms with E-state index in [4.69, 9.17) is 58.3 Å². The van der Waals surface area contributed by atoms with Crippen molar-refractivity contribution in [3.05, 3.63) is 192 Å². The van der Waals surface area contributed by atoms with Crippen LogP contribution in [0, 0.1) is 0 Å². The molecule has 3 saturated heterocycles. The molecule has 97 heavy (non-hydrogen) atoms. The molecule has 536 valence electrons.